The molecule has 1 amide bonds. The van der Waals surface area contributed by atoms with E-state index in [1.807, 2.05) is 11.3 Å². The Labute approximate surface area is 186 Å². The SMILES string of the molecule is CC(CNC(=O)c1ccc(S(=O)(=O)NCc2ccco2)cc1)N1CCc2sccc2C1. The van der Waals surface area contributed by atoms with Crippen molar-refractivity contribution < 1.29 is 17.6 Å². The van der Waals surface area contributed by atoms with Gasteiger partial charge in [-0.05, 0) is 66.8 Å². The van der Waals surface area contributed by atoms with E-state index in [9.17, 15) is 13.2 Å². The van der Waals surface area contributed by atoms with Gasteiger partial charge in [-0.3, -0.25) is 9.69 Å². The number of carbonyl (C=O) groups is 1. The van der Waals surface area contributed by atoms with E-state index in [0.29, 0.717) is 17.9 Å². The highest BCUT2D eigenvalue weighted by Crippen LogP contribution is 2.25. The normalized spacial score (nSPS) is 15.4. The molecular formula is C22H25N3O4S2. The molecule has 0 bridgehead atoms. The highest BCUT2D eigenvalue weighted by molar-refractivity contribution is 7.89. The van der Waals surface area contributed by atoms with Gasteiger partial charge in [0.05, 0.1) is 17.7 Å². The maximum absolute atomic E-state index is 12.5. The molecule has 7 nitrogen and oxygen atoms in total. The monoisotopic (exact) mass is 459 g/mol. The second-order valence-corrected chi connectivity index (χ2v) is 10.3. The van der Waals surface area contributed by atoms with Crippen LogP contribution in [0.3, 0.4) is 0 Å². The molecule has 1 atom stereocenters. The van der Waals surface area contributed by atoms with Gasteiger partial charge in [-0.15, -0.1) is 11.3 Å². The number of carbonyl (C=O) groups excluding carboxylic acids is 1. The molecule has 31 heavy (non-hydrogen) atoms. The minimum atomic E-state index is -3.69. The molecule has 2 aromatic heterocycles. The predicted octanol–water partition coefficient (Wildman–Crippen LogP) is 3.00. The Morgan fingerprint density at radius 1 is 1.23 bits per heavy atom. The Balaban J connectivity index is 1.30. The minimum absolute atomic E-state index is 0.0683. The predicted molar refractivity (Wildman–Crippen MR) is 119 cm³/mol. The molecule has 1 aromatic carbocycles. The molecule has 9 heteroatoms. The van der Waals surface area contributed by atoms with Gasteiger partial charge in [-0.1, -0.05) is 0 Å². The molecule has 3 aromatic rings. The minimum Gasteiger partial charge on any atom is -0.468 e. The van der Waals surface area contributed by atoms with E-state index in [-0.39, 0.29) is 23.4 Å². The van der Waals surface area contributed by atoms with Crippen LogP contribution in [0.2, 0.25) is 0 Å². The van der Waals surface area contributed by atoms with Gasteiger partial charge in [-0.2, -0.15) is 0 Å². The number of hydrogen-bond acceptors (Lipinski definition) is 6. The number of sulfonamides is 1. The van der Waals surface area contributed by atoms with Crippen molar-refractivity contribution in [1.29, 1.82) is 0 Å². The van der Waals surface area contributed by atoms with Gasteiger partial charge in [-0.25, -0.2) is 13.1 Å². The number of thiophene rings is 1. The molecule has 1 aliphatic heterocycles. The van der Waals surface area contributed by atoms with Crippen LogP contribution in [0, 0.1) is 0 Å². The van der Waals surface area contributed by atoms with Gasteiger partial charge < -0.3 is 9.73 Å². The van der Waals surface area contributed by atoms with Gasteiger partial charge in [0.15, 0.2) is 0 Å². The first-order valence-corrected chi connectivity index (χ1v) is 12.5. The molecule has 3 heterocycles. The summed E-state index contributed by atoms with van der Waals surface area (Å²) >= 11 is 1.81. The Kier molecular flexibility index (Phi) is 6.57. The number of fused-ring (bicyclic) bond motifs is 1. The van der Waals surface area contributed by atoms with E-state index in [1.54, 1.807) is 12.1 Å². The van der Waals surface area contributed by atoms with Crippen molar-refractivity contribution in [1.82, 2.24) is 14.9 Å². The molecule has 0 saturated heterocycles. The van der Waals surface area contributed by atoms with Gasteiger partial charge in [0.2, 0.25) is 10.0 Å². The van der Waals surface area contributed by atoms with Crippen LogP contribution >= 0.6 is 11.3 Å². The number of hydrogen-bond donors (Lipinski definition) is 2. The van der Waals surface area contributed by atoms with Crippen molar-refractivity contribution in [2.24, 2.45) is 0 Å². The van der Waals surface area contributed by atoms with Gasteiger partial charge in [0.25, 0.3) is 5.91 Å². The standard InChI is InChI=1S/C22H25N3O4S2/c1-16(25-10-8-21-18(15-25)9-12-30-21)13-23-22(26)17-4-6-20(7-5-17)31(27,28)24-14-19-3-2-11-29-19/h2-7,9,11-12,16,24H,8,10,13-15H2,1H3,(H,23,26). The molecule has 1 aliphatic rings. The Bertz CT molecular complexity index is 1120. The third kappa shape index (κ3) is 5.24. The summed E-state index contributed by atoms with van der Waals surface area (Å²) in [5, 5.41) is 5.10. The molecular weight excluding hydrogens is 434 g/mol. The number of nitrogens with one attached hydrogen (secondary N) is 2. The van der Waals surface area contributed by atoms with Crippen LogP contribution in [0.5, 0.6) is 0 Å². The lowest BCUT2D eigenvalue weighted by atomic mass is 10.1. The Hall–Kier alpha value is -2.46. The third-order valence-electron chi connectivity index (χ3n) is 5.46. The van der Waals surface area contributed by atoms with Crippen LogP contribution < -0.4 is 10.0 Å². The van der Waals surface area contributed by atoms with Crippen LogP contribution in [-0.4, -0.2) is 38.4 Å². The zero-order valence-electron chi connectivity index (χ0n) is 17.2. The lowest BCUT2D eigenvalue weighted by Crippen LogP contribution is -2.44. The van der Waals surface area contributed by atoms with Crippen molar-refractivity contribution in [3.8, 4) is 0 Å². The second-order valence-electron chi connectivity index (χ2n) is 7.58. The van der Waals surface area contributed by atoms with E-state index >= 15 is 0 Å². The fourth-order valence-corrected chi connectivity index (χ4v) is 5.45. The molecule has 0 fully saturated rings. The maximum atomic E-state index is 12.5. The molecule has 1 unspecified atom stereocenters. The van der Waals surface area contributed by atoms with Gasteiger partial charge in [0, 0.05) is 36.1 Å². The lowest BCUT2D eigenvalue weighted by Gasteiger charge is -2.32. The molecule has 164 valence electrons. The lowest BCUT2D eigenvalue weighted by molar-refractivity contribution is 0.0932. The largest absolute Gasteiger partial charge is 0.468 e. The highest BCUT2D eigenvalue weighted by atomic mass is 32.2. The summed E-state index contributed by atoms with van der Waals surface area (Å²) in [5.41, 5.74) is 1.81. The summed E-state index contributed by atoms with van der Waals surface area (Å²) < 4.78 is 32.4. The summed E-state index contributed by atoms with van der Waals surface area (Å²) in [6, 6.07) is 11.7. The smallest absolute Gasteiger partial charge is 0.251 e. The fraction of sp³-hybridized carbons (Fsp3) is 0.318. The Morgan fingerprint density at radius 2 is 2.03 bits per heavy atom. The first-order chi connectivity index (χ1) is 14.9. The zero-order chi connectivity index (χ0) is 21.8. The second kappa shape index (κ2) is 9.35. The molecule has 0 saturated carbocycles. The first-order valence-electron chi connectivity index (χ1n) is 10.1. The Morgan fingerprint density at radius 3 is 2.77 bits per heavy atom. The van der Waals surface area contributed by atoms with Crippen molar-refractivity contribution in [3.63, 3.8) is 0 Å². The maximum Gasteiger partial charge on any atom is 0.251 e. The van der Waals surface area contributed by atoms with Crippen molar-refractivity contribution in [3.05, 3.63) is 75.9 Å². The molecule has 2 N–H and O–H groups in total. The highest BCUT2D eigenvalue weighted by Gasteiger charge is 2.22. The van der Waals surface area contributed by atoms with E-state index in [2.05, 4.69) is 33.3 Å². The van der Waals surface area contributed by atoms with Crippen molar-refractivity contribution in [2.75, 3.05) is 13.1 Å². The van der Waals surface area contributed by atoms with Crippen molar-refractivity contribution >= 4 is 27.3 Å². The molecule has 4 rings (SSSR count). The van der Waals surface area contributed by atoms with E-state index in [1.165, 1.54) is 41.0 Å². The first kappa shape index (κ1) is 21.8. The average Bonchev–Trinajstić information content (AvgIpc) is 3.47. The van der Waals surface area contributed by atoms with E-state index in [0.717, 1.165) is 19.5 Å². The summed E-state index contributed by atoms with van der Waals surface area (Å²) in [6.07, 6.45) is 2.54. The fourth-order valence-electron chi connectivity index (χ4n) is 3.57. The van der Waals surface area contributed by atoms with Crippen LogP contribution in [0.25, 0.3) is 0 Å². The molecule has 0 radical (unpaired) electrons. The molecule has 0 aliphatic carbocycles. The molecule has 0 spiro atoms. The summed E-state index contributed by atoms with van der Waals surface area (Å²) in [5.74, 6) is 0.310. The van der Waals surface area contributed by atoms with Crippen molar-refractivity contribution in [2.45, 2.75) is 37.4 Å². The van der Waals surface area contributed by atoms with Crippen LogP contribution in [0.15, 0.2) is 63.4 Å². The van der Waals surface area contributed by atoms with Crippen LogP contribution in [0.1, 0.15) is 33.5 Å². The quantitative estimate of drug-likeness (QED) is 0.540. The number of rotatable bonds is 8. The zero-order valence-corrected chi connectivity index (χ0v) is 18.8. The van der Waals surface area contributed by atoms with Crippen LogP contribution in [0.4, 0.5) is 0 Å². The van der Waals surface area contributed by atoms with Gasteiger partial charge in [0.1, 0.15) is 5.76 Å². The number of nitrogens with zero attached hydrogens (tertiary/aromatic N) is 1. The van der Waals surface area contributed by atoms with Crippen LogP contribution in [-0.2, 0) is 29.5 Å². The topological polar surface area (TPSA) is 91.6 Å². The summed E-state index contributed by atoms with van der Waals surface area (Å²) in [6.45, 7) is 4.61. The summed E-state index contributed by atoms with van der Waals surface area (Å²) in [4.78, 5) is 16.5. The number of benzene rings is 1. The van der Waals surface area contributed by atoms with E-state index in [4.69, 9.17) is 4.42 Å². The average molecular weight is 460 g/mol. The summed E-state index contributed by atoms with van der Waals surface area (Å²) in [7, 11) is -3.69. The number of amides is 1. The third-order valence-corrected chi connectivity index (χ3v) is 7.90. The van der Waals surface area contributed by atoms with Gasteiger partial charge >= 0.3 is 0 Å². The number of furan rings is 1. The van der Waals surface area contributed by atoms with E-state index < -0.39 is 10.0 Å².